The highest BCUT2D eigenvalue weighted by molar-refractivity contribution is 7.90. The second-order valence-corrected chi connectivity index (χ2v) is 5.48. The first-order chi connectivity index (χ1) is 6.60. The smallest absolute Gasteiger partial charge is 0.216 e. The summed E-state index contributed by atoms with van der Waals surface area (Å²) in [7, 11) is -3.26. The van der Waals surface area contributed by atoms with Crippen molar-refractivity contribution in [3.63, 3.8) is 0 Å². The Kier molecular flexibility index (Phi) is 4.31. The fourth-order valence-electron chi connectivity index (χ4n) is 1.47. The van der Waals surface area contributed by atoms with Crippen molar-refractivity contribution in [1.82, 2.24) is 4.72 Å². The van der Waals surface area contributed by atoms with Gasteiger partial charge in [0.15, 0.2) is 0 Å². The molecule has 1 aliphatic rings. The van der Waals surface area contributed by atoms with E-state index in [4.69, 9.17) is 10.5 Å². The molecule has 5 nitrogen and oxygen atoms in total. The van der Waals surface area contributed by atoms with Gasteiger partial charge in [0.05, 0.1) is 11.9 Å². The van der Waals surface area contributed by atoms with E-state index >= 15 is 0 Å². The lowest BCUT2D eigenvalue weighted by molar-refractivity contribution is 0.192. The Hall–Kier alpha value is -0.170. The summed E-state index contributed by atoms with van der Waals surface area (Å²) in [5.74, 6) is 0. The summed E-state index contributed by atoms with van der Waals surface area (Å²) in [5, 5.41) is -0.483. The fraction of sp³-hybridized carbons (Fsp3) is 1.00. The Bertz CT molecular complexity index is 256. The lowest BCUT2D eigenvalue weighted by Crippen LogP contribution is -2.43. The Morgan fingerprint density at radius 3 is 2.79 bits per heavy atom. The zero-order valence-electron chi connectivity index (χ0n) is 8.40. The van der Waals surface area contributed by atoms with E-state index in [2.05, 4.69) is 4.72 Å². The van der Waals surface area contributed by atoms with E-state index in [0.717, 1.165) is 6.42 Å². The first-order valence-electron chi connectivity index (χ1n) is 4.89. The van der Waals surface area contributed by atoms with Crippen molar-refractivity contribution in [2.75, 3.05) is 19.8 Å². The lowest BCUT2D eigenvalue weighted by atomic mass is 10.3. The van der Waals surface area contributed by atoms with Crippen molar-refractivity contribution in [1.29, 1.82) is 0 Å². The first-order valence-corrected chi connectivity index (χ1v) is 6.43. The van der Waals surface area contributed by atoms with Gasteiger partial charge < -0.3 is 10.5 Å². The number of sulfonamides is 1. The predicted molar refractivity (Wildman–Crippen MR) is 54.4 cm³/mol. The number of hydrogen-bond donors (Lipinski definition) is 2. The van der Waals surface area contributed by atoms with Crippen LogP contribution in [0.4, 0.5) is 0 Å². The Balaban J connectivity index is 2.55. The van der Waals surface area contributed by atoms with Gasteiger partial charge in [-0.15, -0.1) is 0 Å². The van der Waals surface area contributed by atoms with Gasteiger partial charge in [0.1, 0.15) is 0 Å². The van der Waals surface area contributed by atoms with Crippen molar-refractivity contribution < 1.29 is 13.2 Å². The zero-order chi connectivity index (χ0) is 10.6. The summed E-state index contributed by atoms with van der Waals surface area (Å²) in [6.45, 7) is 3.09. The summed E-state index contributed by atoms with van der Waals surface area (Å²) in [6, 6.07) is -0.0689. The van der Waals surface area contributed by atoms with Crippen molar-refractivity contribution in [3.05, 3.63) is 0 Å². The molecule has 0 aliphatic carbocycles. The van der Waals surface area contributed by atoms with Gasteiger partial charge in [0.25, 0.3) is 0 Å². The molecule has 1 saturated heterocycles. The molecule has 84 valence electrons. The van der Waals surface area contributed by atoms with Crippen LogP contribution in [0.1, 0.15) is 19.8 Å². The molecule has 0 amide bonds. The second kappa shape index (κ2) is 5.06. The molecule has 0 spiro atoms. The van der Waals surface area contributed by atoms with Crippen LogP contribution in [0.2, 0.25) is 0 Å². The maximum Gasteiger partial charge on any atom is 0.216 e. The summed E-state index contributed by atoms with van der Waals surface area (Å²) >= 11 is 0. The summed E-state index contributed by atoms with van der Waals surface area (Å²) in [4.78, 5) is 0. The van der Waals surface area contributed by atoms with Crippen LogP contribution in [-0.2, 0) is 14.8 Å². The molecule has 0 aromatic rings. The van der Waals surface area contributed by atoms with Gasteiger partial charge in [-0.3, -0.25) is 0 Å². The molecule has 1 heterocycles. The third-order valence-corrected chi connectivity index (χ3v) is 4.48. The average molecular weight is 222 g/mol. The Morgan fingerprint density at radius 1 is 1.64 bits per heavy atom. The van der Waals surface area contributed by atoms with Gasteiger partial charge in [0.2, 0.25) is 10.0 Å². The molecule has 0 bridgehead atoms. The molecule has 3 N–H and O–H groups in total. The Morgan fingerprint density at radius 2 is 2.36 bits per heavy atom. The number of nitrogens with two attached hydrogens (primary N) is 1. The topological polar surface area (TPSA) is 81.4 Å². The van der Waals surface area contributed by atoms with Gasteiger partial charge in [-0.25, -0.2) is 13.1 Å². The predicted octanol–water partition coefficient (Wildman–Crippen LogP) is -0.568. The van der Waals surface area contributed by atoms with Gasteiger partial charge >= 0.3 is 0 Å². The molecule has 1 aliphatic heterocycles. The van der Waals surface area contributed by atoms with Crippen LogP contribution in [-0.4, -0.2) is 39.5 Å². The van der Waals surface area contributed by atoms with E-state index in [9.17, 15) is 8.42 Å². The molecule has 14 heavy (non-hydrogen) atoms. The highest BCUT2D eigenvalue weighted by Crippen LogP contribution is 2.09. The van der Waals surface area contributed by atoms with Crippen LogP contribution in [0.15, 0.2) is 0 Å². The number of rotatable bonds is 5. The minimum absolute atomic E-state index is 0.0689. The van der Waals surface area contributed by atoms with Gasteiger partial charge in [-0.1, -0.05) is 6.92 Å². The molecule has 2 unspecified atom stereocenters. The monoisotopic (exact) mass is 222 g/mol. The SMILES string of the molecule is CCC(CN)S(=O)(=O)NC1CCOC1. The lowest BCUT2D eigenvalue weighted by Gasteiger charge is -2.17. The van der Waals surface area contributed by atoms with Crippen molar-refractivity contribution in [2.24, 2.45) is 5.73 Å². The van der Waals surface area contributed by atoms with Crippen LogP contribution < -0.4 is 10.5 Å². The third kappa shape index (κ3) is 2.91. The van der Waals surface area contributed by atoms with Crippen molar-refractivity contribution in [2.45, 2.75) is 31.1 Å². The molecule has 0 aromatic heterocycles. The maximum absolute atomic E-state index is 11.7. The van der Waals surface area contributed by atoms with E-state index in [-0.39, 0.29) is 12.6 Å². The van der Waals surface area contributed by atoms with Crippen molar-refractivity contribution >= 4 is 10.0 Å². The van der Waals surface area contributed by atoms with Gasteiger partial charge in [-0.05, 0) is 12.8 Å². The van der Waals surface area contributed by atoms with E-state index in [0.29, 0.717) is 19.6 Å². The normalized spacial score (nSPS) is 25.1. The van der Waals surface area contributed by atoms with Gasteiger partial charge in [-0.2, -0.15) is 0 Å². The van der Waals surface area contributed by atoms with E-state index in [1.165, 1.54) is 0 Å². The van der Waals surface area contributed by atoms with Crippen LogP contribution in [0.25, 0.3) is 0 Å². The number of nitrogens with one attached hydrogen (secondary N) is 1. The zero-order valence-corrected chi connectivity index (χ0v) is 9.22. The van der Waals surface area contributed by atoms with Gasteiger partial charge in [0, 0.05) is 19.2 Å². The minimum Gasteiger partial charge on any atom is -0.380 e. The van der Waals surface area contributed by atoms with Crippen LogP contribution in [0.3, 0.4) is 0 Å². The standard InChI is InChI=1S/C8H18N2O3S/c1-2-8(5-9)14(11,12)10-7-3-4-13-6-7/h7-8,10H,2-6,9H2,1H3. The van der Waals surface area contributed by atoms with Crippen molar-refractivity contribution in [3.8, 4) is 0 Å². The largest absolute Gasteiger partial charge is 0.380 e. The minimum atomic E-state index is -3.26. The van der Waals surface area contributed by atoms with Crippen LogP contribution in [0.5, 0.6) is 0 Å². The molecule has 6 heteroatoms. The number of ether oxygens (including phenoxy) is 1. The molecule has 0 saturated carbocycles. The molecule has 2 atom stereocenters. The summed E-state index contributed by atoms with van der Waals surface area (Å²) < 4.78 is 31.1. The quantitative estimate of drug-likeness (QED) is 0.653. The first kappa shape index (κ1) is 11.9. The molecule has 0 radical (unpaired) electrons. The molecule has 1 rings (SSSR count). The molecule has 1 fully saturated rings. The molecular weight excluding hydrogens is 204 g/mol. The van der Waals surface area contributed by atoms with E-state index in [1.807, 2.05) is 6.92 Å². The Labute approximate surface area is 85.1 Å². The maximum atomic E-state index is 11.7. The second-order valence-electron chi connectivity index (χ2n) is 3.49. The van der Waals surface area contributed by atoms with Crippen LogP contribution >= 0.6 is 0 Å². The van der Waals surface area contributed by atoms with Crippen LogP contribution in [0, 0.1) is 0 Å². The highest BCUT2D eigenvalue weighted by Gasteiger charge is 2.27. The molecule has 0 aromatic carbocycles. The number of hydrogen-bond acceptors (Lipinski definition) is 4. The third-order valence-electron chi connectivity index (χ3n) is 2.42. The fourth-order valence-corrected chi connectivity index (χ4v) is 3.00. The molecular formula is C8H18N2O3S. The summed E-state index contributed by atoms with van der Waals surface area (Å²) in [5.41, 5.74) is 5.39. The average Bonchev–Trinajstić information content (AvgIpc) is 2.57. The highest BCUT2D eigenvalue weighted by atomic mass is 32.2. The van der Waals surface area contributed by atoms with E-state index in [1.54, 1.807) is 0 Å². The van der Waals surface area contributed by atoms with E-state index < -0.39 is 15.3 Å². The summed E-state index contributed by atoms with van der Waals surface area (Å²) in [6.07, 6.45) is 1.29.